The smallest absolute Gasteiger partial charge is 0.303 e. The molecule has 2 aliphatic rings. The minimum Gasteiger partial charge on any atom is -0.463 e. The third-order valence-corrected chi connectivity index (χ3v) is 5.90. The maximum absolute atomic E-state index is 12.1. The van der Waals surface area contributed by atoms with E-state index in [2.05, 4.69) is 0 Å². The number of esters is 7. The first kappa shape index (κ1) is 36.3. The maximum atomic E-state index is 12.1. The van der Waals surface area contributed by atoms with Crippen LogP contribution >= 0.6 is 0 Å². The van der Waals surface area contributed by atoms with Gasteiger partial charge in [0.1, 0.15) is 25.4 Å². The van der Waals surface area contributed by atoms with Crippen LogP contribution in [0.1, 0.15) is 48.5 Å². The molecule has 0 aliphatic carbocycles. The zero-order valence-electron chi connectivity index (χ0n) is 25.1. The monoisotopic (exact) mass is 636 g/mol. The Morgan fingerprint density at radius 3 is 1.20 bits per heavy atom. The molecular formula is C26H36O18. The Bertz CT molecular complexity index is 1090. The molecule has 0 amide bonds. The summed E-state index contributed by atoms with van der Waals surface area (Å²) in [6.45, 7) is 6.19. The van der Waals surface area contributed by atoms with Gasteiger partial charge in [0.25, 0.3) is 0 Å². The van der Waals surface area contributed by atoms with Crippen LogP contribution in [0.15, 0.2) is 0 Å². The average molecular weight is 637 g/mol. The van der Waals surface area contributed by atoms with Gasteiger partial charge in [-0.25, -0.2) is 0 Å². The summed E-state index contributed by atoms with van der Waals surface area (Å²) in [5, 5.41) is 11.0. The van der Waals surface area contributed by atoms with Crippen molar-refractivity contribution in [2.24, 2.45) is 0 Å². The molecule has 0 spiro atoms. The lowest BCUT2D eigenvalue weighted by molar-refractivity contribution is -0.363. The lowest BCUT2D eigenvalue weighted by Crippen LogP contribution is -2.67. The van der Waals surface area contributed by atoms with Crippen LogP contribution in [0.2, 0.25) is 0 Å². The van der Waals surface area contributed by atoms with Crippen molar-refractivity contribution < 1.29 is 86.0 Å². The van der Waals surface area contributed by atoms with E-state index in [9.17, 15) is 38.7 Å². The van der Waals surface area contributed by atoms with Crippen LogP contribution in [-0.2, 0) is 80.9 Å². The molecule has 248 valence electrons. The molecule has 1 N–H and O–H groups in total. The van der Waals surface area contributed by atoms with Gasteiger partial charge < -0.3 is 52.5 Å². The molecule has 44 heavy (non-hydrogen) atoms. The Morgan fingerprint density at radius 1 is 0.477 bits per heavy atom. The fourth-order valence-electron chi connectivity index (χ4n) is 4.49. The number of aliphatic hydroxyl groups excluding tert-OH is 1. The van der Waals surface area contributed by atoms with Crippen molar-refractivity contribution in [1.29, 1.82) is 0 Å². The molecule has 0 radical (unpaired) electrons. The SMILES string of the molecule is CC(=O)OC[C@@H]1O[C@@H](O[C@@H]2[C@@H](OC(C)=O)[C@H](OC(C)=O)[C@@H](COC(C)=O)O[C@@H]2O)[C@H](OC(C)=O)[C@@H](OC(C)=O)[C@@H]1OC(C)=O. The van der Waals surface area contributed by atoms with Gasteiger partial charge in [-0.05, 0) is 0 Å². The van der Waals surface area contributed by atoms with Gasteiger partial charge in [0.15, 0.2) is 49.2 Å². The fraction of sp³-hybridized carbons (Fsp3) is 0.731. The fourth-order valence-corrected chi connectivity index (χ4v) is 4.49. The van der Waals surface area contributed by atoms with E-state index >= 15 is 0 Å². The molecule has 0 aromatic rings. The third kappa shape index (κ3) is 10.7. The highest BCUT2D eigenvalue weighted by molar-refractivity contribution is 5.69. The normalized spacial score (nSPS) is 31.5. The van der Waals surface area contributed by atoms with E-state index in [0.717, 1.165) is 48.5 Å². The molecular weight excluding hydrogens is 600 g/mol. The molecule has 10 atom stereocenters. The van der Waals surface area contributed by atoms with E-state index < -0.39 is 116 Å². The van der Waals surface area contributed by atoms with Crippen molar-refractivity contribution in [2.45, 2.75) is 110 Å². The molecule has 0 bridgehead atoms. The largest absolute Gasteiger partial charge is 0.463 e. The van der Waals surface area contributed by atoms with Gasteiger partial charge in [-0.1, -0.05) is 0 Å². The Balaban J connectivity index is 2.59. The summed E-state index contributed by atoms with van der Waals surface area (Å²) in [5.41, 5.74) is 0. The zero-order chi connectivity index (χ0) is 33.3. The lowest BCUT2D eigenvalue weighted by atomic mass is 9.96. The van der Waals surface area contributed by atoms with Crippen LogP contribution in [0.25, 0.3) is 0 Å². The zero-order valence-corrected chi connectivity index (χ0v) is 25.1. The van der Waals surface area contributed by atoms with Gasteiger partial charge >= 0.3 is 41.8 Å². The van der Waals surface area contributed by atoms with Gasteiger partial charge in [0.05, 0.1) is 0 Å². The van der Waals surface area contributed by atoms with Crippen molar-refractivity contribution in [1.82, 2.24) is 0 Å². The molecule has 0 unspecified atom stereocenters. The molecule has 2 saturated heterocycles. The highest BCUT2D eigenvalue weighted by Crippen LogP contribution is 2.34. The lowest BCUT2D eigenvalue weighted by Gasteiger charge is -2.47. The van der Waals surface area contributed by atoms with Crippen LogP contribution in [0.4, 0.5) is 0 Å². The van der Waals surface area contributed by atoms with Gasteiger partial charge in [0, 0.05) is 48.5 Å². The van der Waals surface area contributed by atoms with Crippen molar-refractivity contribution in [3.8, 4) is 0 Å². The van der Waals surface area contributed by atoms with Crippen molar-refractivity contribution in [2.75, 3.05) is 13.2 Å². The second-order valence-electron chi connectivity index (χ2n) is 9.68. The van der Waals surface area contributed by atoms with Crippen LogP contribution < -0.4 is 0 Å². The number of rotatable bonds is 11. The van der Waals surface area contributed by atoms with Gasteiger partial charge in [-0.2, -0.15) is 0 Å². The number of hydrogen-bond acceptors (Lipinski definition) is 18. The summed E-state index contributed by atoms with van der Waals surface area (Å²) in [7, 11) is 0. The molecule has 2 fully saturated rings. The van der Waals surface area contributed by atoms with Crippen molar-refractivity contribution >= 4 is 41.8 Å². The molecule has 2 heterocycles. The first-order chi connectivity index (χ1) is 20.5. The standard InChI is InChI=1S/C26H36O18/c1-10(27)35-8-17-19(37-12(3)29)21(39-14(5)31)23(25(34)42-17)44-26-24(41-16(7)33)22(40-15(6)32)20(38-13(4)30)18(43-26)9-36-11(2)28/h17-26,34H,8-9H2,1-7H3/t17-,18+,19-,20-,21+,22+,23-,24-,25+,26+/m1/s1. The Kier molecular flexibility index (Phi) is 13.4. The third-order valence-electron chi connectivity index (χ3n) is 5.90. The predicted molar refractivity (Wildman–Crippen MR) is 135 cm³/mol. The summed E-state index contributed by atoms with van der Waals surface area (Å²) in [6.07, 6.45) is -16.3. The quantitative estimate of drug-likeness (QED) is 0.203. The molecule has 0 aromatic heterocycles. The Labute approximate surface area is 251 Å². The van der Waals surface area contributed by atoms with E-state index in [4.69, 9.17) is 47.4 Å². The molecule has 0 saturated carbocycles. The summed E-state index contributed by atoms with van der Waals surface area (Å²) >= 11 is 0. The summed E-state index contributed by atoms with van der Waals surface area (Å²) in [5.74, 6) is -5.97. The number of aliphatic hydroxyl groups is 1. The van der Waals surface area contributed by atoms with E-state index in [1.807, 2.05) is 0 Å². The van der Waals surface area contributed by atoms with Crippen LogP contribution in [0.5, 0.6) is 0 Å². The number of ether oxygens (including phenoxy) is 10. The van der Waals surface area contributed by atoms with Crippen LogP contribution in [-0.4, -0.2) is 122 Å². The topological polar surface area (TPSA) is 232 Å². The average Bonchev–Trinajstić information content (AvgIpc) is 2.87. The highest BCUT2D eigenvalue weighted by Gasteiger charge is 2.57. The van der Waals surface area contributed by atoms with Gasteiger partial charge in [-0.3, -0.25) is 33.6 Å². The van der Waals surface area contributed by atoms with Crippen molar-refractivity contribution in [3.05, 3.63) is 0 Å². The minimum atomic E-state index is -1.99. The second kappa shape index (κ2) is 16.3. The molecule has 0 aromatic carbocycles. The Hall–Kier alpha value is -3.87. The van der Waals surface area contributed by atoms with Gasteiger partial charge in [-0.15, -0.1) is 0 Å². The van der Waals surface area contributed by atoms with E-state index in [-0.39, 0.29) is 0 Å². The second-order valence-corrected chi connectivity index (χ2v) is 9.68. The van der Waals surface area contributed by atoms with Crippen LogP contribution in [0.3, 0.4) is 0 Å². The van der Waals surface area contributed by atoms with Crippen LogP contribution in [0, 0.1) is 0 Å². The molecule has 18 heteroatoms. The summed E-state index contributed by atoms with van der Waals surface area (Å²) in [4.78, 5) is 83.3. The number of carbonyl (C=O) groups is 7. The summed E-state index contributed by atoms with van der Waals surface area (Å²) < 4.78 is 53.9. The number of hydrogen-bond donors (Lipinski definition) is 1. The van der Waals surface area contributed by atoms with Crippen molar-refractivity contribution in [3.63, 3.8) is 0 Å². The number of carbonyl (C=O) groups excluding carboxylic acids is 7. The van der Waals surface area contributed by atoms with Gasteiger partial charge in [0.2, 0.25) is 0 Å². The first-order valence-electron chi connectivity index (χ1n) is 13.3. The first-order valence-corrected chi connectivity index (χ1v) is 13.3. The highest BCUT2D eigenvalue weighted by atomic mass is 16.8. The molecule has 2 aliphatic heterocycles. The Morgan fingerprint density at radius 2 is 0.818 bits per heavy atom. The van der Waals surface area contributed by atoms with E-state index in [1.165, 1.54) is 0 Å². The minimum absolute atomic E-state index is 0.534. The molecule has 18 nitrogen and oxygen atoms in total. The van der Waals surface area contributed by atoms with E-state index in [0.29, 0.717) is 0 Å². The predicted octanol–water partition coefficient (Wildman–Crippen LogP) is -1.40. The maximum Gasteiger partial charge on any atom is 0.303 e. The molecule has 2 rings (SSSR count). The summed E-state index contributed by atoms with van der Waals surface area (Å²) in [6, 6.07) is 0. The van der Waals surface area contributed by atoms with E-state index in [1.54, 1.807) is 0 Å².